The van der Waals surface area contributed by atoms with Crippen LogP contribution in [0.4, 0.5) is 27.6 Å². The maximum atomic E-state index is 14.6. The maximum Gasteiger partial charge on any atom is 0.416 e. The van der Waals surface area contributed by atoms with Crippen LogP contribution in [0.25, 0.3) is 11.1 Å². The van der Waals surface area contributed by atoms with Crippen molar-refractivity contribution in [2.45, 2.75) is 49.4 Å². The lowest BCUT2D eigenvalue weighted by Gasteiger charge is -2.51. The Labute approximate surface area is 227 Å². The third-order valence-corrected chi connectivity index (χ3v) is 9.18. The number of anilines is 1. The highest BCUT2D eigenvalue weighted by molar-refractivity contribution is 7.92. The summed E-state index contributed by atoms with van der Waals surface area (Å²) < 4.78 is 104. The van der Waals surface area contributed by atoms with E-state index in [-0.39, 0.29) is 47.0 Å². The first-order valence-corrected chi connectivity index (χ1v) is 13.9. The molecule has 3 aromatic rings. The third kappa shape index (κ3) is 5.12. The average Bonchev–Trinajstić information content (AvgIpc) is 2.86. The molecular formula is C28H25F5N2O4S. The van der Waals surface area contributed by atoms with E-state index in [0.717, 1.165) is 40.7 Å². The van der Waals surface area contributed by atoms with E-state index in [1.54, 1.807) is 6.92 Å². The van der Waals surface area contributed by atoms with Crippen LogP contribution in [-0.4, -0.2) is 32.5 Å². The summed E-state index contributed by atoms with van der Waals surface area (Å²) in [4.78, 5) is 10.9. The lowest BCUT2D eigenvalue weighted by Crippen LogP contribution is -2.60. The van der Waals surface area contributed by atoms with Gasteiger partial charge in [0.25, 0.3) is 10.0 Å². The Morgan fingerprint density at radius 2 is 1.77 bits per heavy atom. The van der Waals surface area contributed by atoms with Gasteiger partial charge in [-0.3, -0.25) is 9.10 Å². The van der Waals surface area contributed by atoms with Gasteiger partial charge in [-0.15, -0.1) is 0 Å². The molecule has 3 aromatic carbocycles. The first-order chi connectivity index (χ1) is 18.7. The number of hydrogen-bond donors (Lipinski definition) is 1. The van der Waals surface area contributed by atoms with Crippen LogP contribution in [0.2, 0.25) is 0 Å². The van der Waals surface area contributed by atoms with Crippen molar-refractivity contribution in [1.82, 2.24) is 5.32 Å². The van der Waals surface area contributed by atoms with Gasteiger partial charge in [0.1, 0.15) is 23.0 Å². The van der Waals surface area contributed by atoms with Gasteiger partial charge in [-0.1, -0.05) is 12.1 Å². The van der Waals surface area contributed by atoms with Crippen LogP contribution in [0.3, 0.4) is 0 Å². The van der Waals surface area contributed by atoms with Crippen molar-refractivity contribution >= 4 is 21.6 Å². The van der Waals surface area contributed by atoms with Crippen molar-refractivity contribution in [3.8, 4) is 16.9 Å². The summed E-state index contributed by atoms with van der Waals surface area (Å²) in [6.07, 6.45) is -3.75. The number of fused-ring (bicyclic) bond motifs is 1. The zero-order valence-corrected chi connectivity index (χ0v) is 22.2. The Hall–Kier alpha value is -3.67. The van der Waals surface area contributed by atoms with Gasteiger partial charge in [-0.2, -0.15) is 13.2 Å². The van der Waals surface area contributed by atoms with Gasteiger partial charge in [-0.25, -0.2) is 17.2 Å². The molecule has 1 heterocycles. The van der Waals surface area contributed by atoms with Gasteiger partial charge in [0.05, 0.1) is 22.7 Å². The molecule has 0 bridgehead atoms. The smallest absolute Gasteiger partial charge is 0.416 e. The Bertz CT molecular complexity index is 1590. The summed E-state index contributed by atoms with van der Waals surface area (Å²) in [5, 5.41) is 2.81. The number of amides is 1. The van der Waals surface area contributed by atoms with Crippen LogP contribution in [0.15, 0.2) is 65.6 Å². The Morgan fingerprint density at radius 1 is 1.05 bits per heavy atom. The fraction of sp³-hybridized carbons (Fsp3) is 0.321. The first kappa shape index (κ1) is 27.9. The number of carbonyl (C=O) groups excluding carboxylic acids is 1. The fourth-order valence-electron chi connectivity index (χ4n) is 5.25. The molecule has 212 valence electrons. The number of carbonyl (C=O) groups is 1. The molecule has 1 aliphatic heterocycles. The molecule has 1 N–H and O–H groups in total. The van der Waals surface area contributed by atoms with Crippen LogP contribution in [0.1, 0.15) is 32.3 Å². The molecule has 0 saturated heterocycles. The van der Waals surface area contributed by atoms with Crippen LogP contribution in [0.5, 0.6) is 5.75 Å². The second-order valence-electron chi connectivity index (χ2n) is 10.3. The number of sulfonamides is 1. The van der Waals surface area contributed by atoms with E-state index in [0.29, 0.717) is 18.9 Å². The van der Waals surface area contributed by atoms with E-state index in [4.69, 9.17) is 4.74 Å². The topological polar surface area (TPSA) is 75.7 Å². The number of halogens is 5. The summed E-state index contributed by atoms with van der Waals surface area (Å²) in [7, 11) is -4.58. The predicted octanol–water partition coefficient (Wildman–Crippen LogP) is 5.91. The van der Waals surface area contributed by atoms with Gasteiger partial charge in [-0.05, 0) is 73.9 Å². The molecule has 1 fully saturated rings. The zero-order valence-electron chi connectivity index (χ0n) is 21.4. The van der Waals surface area contributed by atoms with Crippen molar-refractivity contribution in [1.29, 1.82) is 0 Å². The van der Waals surface area contributed by atoms with Crippen LogP contribution < -0.4 is 14.4 Å². The SMILES string of the molecule is CC(=O)NC1CC([C@@]2(C)CN(S(=O)(=O)c3cccc(C(F)(F)F)c3)c3cc(-c4cc(F)ccc4F)ccc3O2)C1. The third-order valence-electron chi connectivity index (χ3n) is 7.43. The molecule has 0 aromatic heterocycles. The van der Waals surface area contributed by atoms with Gasteiger partial charge in [0.15, 0.2) is 0 Å². The van der Waals surface area contributed by atoms with Gasteiger partial charge in [0.2, 0.25) is 5.91 Å². The van der Waals surface area contributed by atoms with Crippen LogP contribution >= 0.6 is 0 Å². The maximum absolute atomic E-state index is 14.6. The number of nitrogens with one attached hydrogen (secondary N) is 1. The van der Waals surface area contributed by atoms with E-state index < -0.39 is 43.9 Å². The minimum absolute atomic E-state index is 0.0196. The molecule has 2 aliphatic rings. The number of nitrogens with zero attached hydrogens (tertiary/aromatic N) is 1. The highest BCUT2D eigenvalue weighted by Gasteiger charge is 2.50. The van der Waals surface area contributed by atoms with Crippen LogP contribution in [-0.2, 0) is 21.0 Å². The Kier molecular flexibility index (Phi) is 6.80. The van der Waals surface area contributed by atoms with E-state index >= 15 is 0 Å². The monoisotopic (exact) mass is 580 g/mol. The highest BCUT2D eigenvalue weighted by atomic mass is 32.2. The molecule has 1 amide bonds. The Morgan fingerprint density at radius 3 is 2.45 bits per heavy atom. The molecule has 1 atom stereocenters. The van der Waals surface area contributed by atoms with Crippen molar-refractivity contribution < 1.29 is 39.9 Å². The van der Waals surface area contributed by atoms with Crippen molar-refractivity contribution in [3.05, 3.63) is 77.9 Å². The first-order valence-electron chi connectivity index (χ1n) is 12.4. The van der Waals surface area contributed by atoms with E-state index in [2.05, 4.69) is 5.32 Å². The molecular weight excluding hydrogens is 555 g/mol. The standard InChI is InChI=1S/C28H25F5N2O4S/c1-16(36)34-21-11-19(12-21)27(2)15-35(40(37,38)22-5-3-4-18(13-22)28(31,32)33)25-10-17(6-9-26(25)39-27)23-14-20(29)7-8-24(23)30/h3-10,13-14,19,21H,11-12,15H2,1-2H3,(H,34,36)/t19?,21?,27-/m1/s1. The summed E-state index contributed by atoms with van der Waals surface area (Å²) >= 11 is 0. The highest BCUT2D eigenvalue weighted by Crippen LogP contribution is 2.48. The molecule has 1 aliphatic carbocycles. The fourth-order valence-corrected chi connectivity index (χ4v) is 6.86. The largest absolute Gasteiger partial charge is 0.483 e. The number of ether oxygens (including phenoxy) is 1. The summed E-state index contributed by atoms with van der Waals surface area (Å²) in [5.74, 6) is -1.71. The van der Waals surface area contributed by atoms with Gasteiger partial charge in [0, 0.05) is 24.4 Å². The van der Waals surface area contributed by atoms with Crippen molar-refractivity contribution in [2.24, 2.45) is 5.92 Å². The predicted molar refractivity (Wildman–Crippen MR) is 137 cm³/mol. The molecule has 0 radical (unpaired) electrons. The molecule has 0 unspecified atom stereocenters. The number of rotatable bonds is 5. The Balaban J connectivity index is 1.60. The quantitative estimate of drug-likeness (QED) is 0.381. The lowest BCUT2D eigenvalue weighted by molar-refractivity contribution is -0.137. The zero-order chi connectivity index (χ0) is 29.0. The molecule has 12 heteroatoms. The number of benzene rings is 3. The molecule has 5 rings (SSSR count). The molecule has 1 saturated carbocycles. The minimum atomic E-state index is -4.77. The second-order valence-corrected chi connectivity index (χ2v) is 12.2. The van der Waals surface area contributed by atoms with Crippen LogP contribution in [0, 0.1) is 17.6 Å². The summed E-state index contributed by atoms with van der Waals surface area (Å²) in [6.45, 7) is 2.84. The van der Waals surface area contributed by atoms with E-state index in [9.17, 15) is 35.2 Å². The minimum Gasteiger partial charge on any atom is -0.483 e. The summed E-state index contributed by atoms with van der Waals surface area (Å²) in [6, 6.07) is 10.4. The summed E-state index contributed by atoms with van der Waals surface area (Å²) in [5.41, 5.74) is -2.21. The van der Waals surface area contributed by atoms with Gasteiger partial charge >= 0.3 is 6.18 Å². The molecule has 6 nitrogen and oxygen atoms in total. The average molecular weight is 581 g/mol. The van der Waals surface area contributed by atoms with E-state index in [1.807, 2.05) is 0 Å². The van der Waals surface area contributed by atoms with E-state index in [1.165, 1.54) is 25.1 Å². The molecule has 40 heavy (non-hydrogen) atoms. The number of hydrogen-bond acceptors (Lipinski definition) is 4. The van der Waals surface area contributed by atoms with Gasteiger partial charge < -0.3 is 10.1 Å². The normalized spacial score (nSPS) is 22.6. The van der Waals surface area contributed by atoms with Crippen molar-refractivity contribution in [2.75, 3.05) is 10.8 Å². The lowest BCUT2D eigenvalue weighted by atomic mass is 9.69. The second kappa shape index (κ2) is 9.76. The molecule has 0 spiro atoms. The van der Waals surface area contributed by atoms with Crippen molar-refractivity contribution in [3.63, 3.8) is 0 Å². The number of alkyl halides is 3.